The van der Waals surface area contributed by atoms with Crippen molar-refractivity contribution < 1.29 is 9.59 Å². The zero-order chi connectivity index (χ0) is 18.2. The highest BCUT2D eigenvalue weighted by Crippen LogP contribution is 2.19. The molecule has 3 N–H and O–H groups in total. The van der Waals surface area contributed by atoms with E-state index in [2.05, 4.69) is 16.0 Å². The van der Waals surface area contributed by atoms with Gasteiger partial charge in [0.25, 0.3) is 5.91 Å². The summed E-state index contributed by atoms with van der Waals surface area (Å²) in [6, 6.07) is 17.7. The van der Waals surface area contributed by atoms with E-state index in [9.17, 15) is 9.59 Å². The summed E-state index contributed by atoms with van der Waals surface area (Å²) in [5, 5.41) is 8.71. The molecule has 1 aliphatic rings. The average molecular weight is 351 g/mol. The van der Waals surface area contributed by atoms with Gasteiger partial charge in [-0.05, 0) is 30.5 Å². The summed E-state index contributed by atoms with van der Waals surface area (Å²) in [5.74, 6) is -0.263. The van der Waals surface area contributed by atoms with Crippen molar-refractivity contribution in [3.05, 3.63) is 66.2 Å². The van der Waals surface area contributed by atoms with Gasteiger partial charge in [0.2, 0.25) is 0 Å². The Morgan fingerprint density at radius 1 is 0.846 bits per heavy atom. The molecule has 0 heterocycles. The minimum absolute atomic E-state index is 0.192. The molecule has 3 amide bonds. The number of benzene rings is 2. The molecular formula is C21H25N3O2. The molecule has 2 aromatic carbocycles. The lowest BCUT2D eigenvalue weighted by atomic mass is 9.96. The molecule has 5 heteroatoms. The minimum Gasteiger partial charge on any atom is -0.335 e. The molecule has 2 aromatic rings. The van der Waals surface area contributed by atoms with E-state index in [4.69, 9.17) is 0 Å². The van der Waals surface area contributed by atoms with E-state index in [1.54, 1.807) is 0 Å². The van der Waals surface area contributed by atoms with Crippen LogP contribution < -0.4 is 16.0 Å². The summed E-state index contributed by atoms with van der Waals surface area (Å²) in [6.45, 7) is 0. The largest absolute Gasteiger partial charge is 0.335 e. The summed E-state index contributed by atoms with van der Waals surface area (Å²) < 4.78 is 0. The van der Waals surface area contributed by atoms with Crippen LogP contribution in [0.2, 0.25) is 0 Å². The van der Waals surface area contributed by atoms with E-state index in [1.807, 2.05) is 60.7 Å². The van der Waals surface area contributed by atoms with E-state index in [1.165, 1.54) is 6.42 Å². The Balaban J connectivity index is 1.69. The molecule has 1 fully saturated rings. The van der Waals surface area contributed by atoms with Crippen molar-refractivity contribution in [3.8, 4) is 0 Å². The van der Waals surface area contributed by atoms with E-state index in [0.29, 0.717) is 5.69 Å². The van der Waals surface area contributed by atoms with Crippen LogP contribution in [0.3, 0.4) is 0 Å². The van der Waals surface area contributed by atoms with Crippen LogP contribution in [0, 0.1) is 0 Å². The number of para-hydroxylation sites is 1. The third-order valence-corrected chi connectivity index (χ3v) is 4.65. The minimum atomic E-state index is -0.750. The van der Waals surface area contributed by atoms with Crippen LogP contribution in [0.4, 0.5) is 10.5 Å². The lowest BCUT2D eigenvalue weighted by molar-refractivity contribution is -0.118. The Hall–Kier alpha value is -2.82. The fourth-order valence-electron chi connectivity index (χ4n) is 3.29. The molecule has 0 aliphatic heterocycles. The smallest absolute Gasteiger partial charge is 0.315 e. The van der Waals surface area contributed by atoms with Crippen molar-refractivity contribution in [1.82, 2.24) is 10.6 Å². The van der Waals surface area contributed by atoms with E-state index >= 15 is 0 Å². The number of carbonyl (C=O) groups excluding carboxylic acids is 2. The van der Waals surface area contributed by atoms with Gasteiger partial charge in [0.05, 0.1) is 0 Å². The normalized spacial score (nSPS) is 15.7. The number of amides is 3. The zero-order valence-corrected chi connectivity index (χ0v) is 14.8. The molecule has 0 unspecified atom stereocenters. The van der Waals surface area contributed by atoms with Crippen LogP contribution in [0.5, 0.6) is 0 Å². The van der Waals surface area contributed by atoms with E-state index in [0.717, 1.165) is 31.2 Å². The van der Waals surface area contributed by atoms with Gasteiger partial charge in [-0.3, -0.25) is 4.79 Å². The second-order valence-electron chi connectivity index (χ2n) is 6.65. The van der Waals surface area contributed by atoms with Crippen LogP contribution in [0.15, 0.2) is 60.7 Å². The first kappa shape index (κ1) is 18.0. The van der Waals surface area contributed by atoms with Crippen molar-refractivity contribution in [3.63, 3.8) is 0 Å². The SMILES string of the molecule is O=C(NC1CCCCC1)N[C@H](C(=O)Nc1ccccc1)c1ccccc1. The predicted molar refractivity (Wildman–Crippen MR) is 103 cm³/mol. The maximum Gasteiger partial charge on any atom is 0.315 e. The molecule has 0 spiro atoms. The van der Waals surface area contributed by atoms with Crippen LogP contribution in [-0.4, -0.2) is 18.0 Å². The van der Waals surface area contributed by atoms with Gasteiger partial charge in [-0.2, -0.15) is 0 Å². The van der Waals surface area contributed by atoms with Crippen molar-refractivity contribution in [2.75, 3.05) is 5.32 Å². The molecule has 0 bridgehead atoms. The molecule has 1 aliphatic carbocycles. The molecule has 5 nitrogen and oxygen atoms in total. The summed E-state index contributed by atoms with van der Waals surface area (Å²) in [6.07, 6.45) is 5.51. The molecule has 26 heavy (non-hydrogen) atoms. The summed E-state index contributed by atoms with van der Waals surface area (Å²) in [4.78, 5) is 25.2. The van der Waals surface area contributed by atoms with Crippen LogP contribution in [0.1, 0.15) is 43.7 Å². The highest BCUT2D eigenvalue weighted by atomic mass is 16.2. The van der Waals surface area contributed by atoms with Gasteiger partial charge in [-0.15, -0.1) is 0 Å². The van der Waals surface area contributed by atoms with Gasteiger partial charge in [0.15, 0.2) is 0 Å². The first-order valence-electron chi connectivity index (χ1n) is 9.20. The van der Waals surface area contributed by atoms with Crippen molar-refractivity contribution >= 4 is 17.6 Å². The fourth-order valence-corrected chi connectivity index (χ4v) is 3.29. The Kier molecular flexibility index (Phi) is 6.25. The van der Waals surface area contributed by atoms with E-state index < -0.39 is 6.04 Å². The summed E-state index contributed by atoms with van der Waals surface area (Å²) in [7, 11) is 0. The molecule has 0 saturated heterocycles. The quantitative estimate of drug-likeness (QED) is 0.762. The molecule has 0 aromatic heterocycles. The highest BCUT2D eigenvalue weighted by Gasteiger charge is 2.24. The summed E-state index contributed by atoms with van der Waals surface area (Å²) in [5.41, 5.74) is 1.45. The number of nitrogens with one attached hydrogen (secondary N) is 3. The maximum absolute atomic E-state index is 12.8. The lowest BCUT2D eigenvalue weighted by Crippen LogP contribution is -2.46. The second kappa shape index (κ2) is 9.04. The predicted octanol–water partition coefficient (Wildman–Crippen LogP) is 4.00. The molecule has 0 radical (unpaired) electrons. The lowest BCUT2D eigenvalue weighted by Gasteiger charge is -2.25. The van der Waals surface area contributed by atoms with Crippen LogP contribution in [0.25, 0.3) is 0 Å². The monoisotopic (exact) mass is 351 g/mol. The van der Waals surface area contributed by atoms with E-state index in [-0.39, 0.29) is 18.0 Å². The zero-order valence-electron chi connectivity index (χ0n) is 14.8. The Morgan fingerprint density at radius 2 is 1.46 bits per heavy atom. The third kappa shape index (κ3) is 5.09. The first-order valence-corrected chi connectivity index (χ1v) is 9.20. The van der Waals surface area contributed by atoms with Gasteiger partial charge in [0, 0.05) is 11.7 Å². The van der Waals surface area contributed by atoms with Crippen LogP contribution >= 0.6 is 0 Å². The number of carbonyl (C=O) groups is 2. The fraction of sp³-hybridized carbons (Fsp3) is 0.333. The molecule has 1 saturated carbocycles. The van der Waals surface area contributed by atoms with Crippen molar-refractivity contribution in [2.24, 2.45) is 0 Å². The van der Waals surface area contributed by atoms with Crippen LogP contribution in [-0.2, 0) is 4.79 Å². The molecular weight excluding hydrogens is 326 g/mol. The maximum atomic E-state index is 12.8. The third-order valence-electron chi connectivity index (χ3n) is 4.65. The molecule has 136 valence electrons. The topological polar surface area (TPSA) is 70.2 Å². The van der Waals surface area contributed by atoms with Gasteiger partial charge in [-0.25, -0.2) is 4.79 Å². The Labute approximate surface area is 154 Å². The van der Waals surface area contributed by atoms with Gasteiger partial charge < -0.3 is 16.0 Å². The number of hydrogen-bond acceptors (Lipinski definition) is 2. The van der Waals surface area contributed by atoms with Crippen molar-refractivity contribution in [1.29, 1.82) is 0 Å². The highest BCUT2D eigenvalue weighted by molar-refractivity contribution is 5.97. The van der Waals surface area contributed by atoms with Gasteiger partial charge in [0.1, 0.15) is 6.04 Å². The molecule has 3 rings (SSSR count). The number of urea groups is 1. The molecule has 1 atom stereocenters. The van der Waals surface area contributed by atoms with Gasteiger partial charge >= 0.3 is 6.03 Å². The summed E-state index contributed by atoms with van der Waals surface area (Å²) >= 11 is 0. The van der Waals surface area contributed by atoms with Gasteiger partial charge in [-0.1, -0.05) is 67.8 Å². The Bertz CT molecular complexity index is 713. The second-order valence-corrected chi connectivity index (χ2v) is 6.65. The standard InChI is InChI=1S/C21H25N3O2/c25-20(22-17-12-6-2-7-13-17)19(16-10-4-1-5-11-16)24-21(26)23-18-14-8-3-9-15-18/h1-2,4-7,10-13,18-19H,3,8-9,14-15H2,(H,22,25)(H2,23,24,26)/t19-/m0/s1. The van der Waals surface area contributed by atoms with Crippen molar-refractivity contribution in [2.45, 2.75) is 44.2 Å². The first-order chi connectivity index (χ1) is 12.7. The number of hydrogen-bond donors (Lipinski definition) is 3. The number of anilines is 1. The number of rotatable bonds is 5. The average Bonchev–Trinajstić information content (AvgIpc) is 2.68. The Morgan fingerprint density at radius 3 is 2.12 bits per heavy atom.